The molecule has 2 aromatic rings. The fourth-order valence-electron chi connectivity index (χ4n) is 1.97. The largest absolute Gasteiger partial charge is 0.508 e. The normalized spacial score (nSPS) is 12.2. The summed E-state index contributed by atoms with van der Waals surface area (Å²) in [7, 11) is -3.78. The van der Waals surface area contributed by atoms with Crippen molar-refractivity contribution < 1.29 is 18.6 Å². The van der Waals surface area contributed by atoms with E-state index in [0.29, 0.717) is 5.56 Å². The molecule has 0 spiro atoms. The molecule has 0 atom stereocenters. The smallest absolute Gasteiger partial charge is 0.276 e. The molecular formula is C16H18N2O4S. The molecule has 7 heteroatoms. The second-order valence-corrected chi connectivity index (χ2v) is 6.65. The second kappa shape index (κ2) is 6.70. The SMILES string of the molecule is CCc1ccc(S(=O)(=O)N/N=C(\C)c2ccc(O)cc2O)cc1. The molecule has 23 heavy (non-hydrogen) atoms. The average molecular weight is 334 g/mol. The van der Waals surface area contributed by atoms with E-state index in [1.54, 1.807) is 19.1 Å². The van der Waals surface area contributed by atoms with Crippen LogP contribution >= 0.6 is 0 Å². The number of nitrogens with one attached hydrogen (secondary N) is 1. The van der Waals surface area contributed by atoms with Crippen molar-refractivity contribution in [2.24, 2.45) is 5.10 Å². The lowest BCUT2D eigenvalue weighted by Gasteiger charge is -2.07. The lowest BCUT2D eigenvalue weighted by molar-refractivity contribution is 0.450. The van der Waals surface area contributed by atoms with Gasteiger partial charge >= 0.3 is 0 Å². The summed E-state index contributed by atoms with van der Waals surface area (Å²) < 4.78 is 24.4. The van der Waals surface area contributed by atoms with Crippen LogP contribution in [0.3, 0.4) is 0 Å². The number of rotatable bonds is 5. The highest BCUT2D eigenvalue weighted by molar-refractivity contribution is 7.89. The molecule has 2 aromatic carbocycles. The molecule has 3 N–H and O–H groups in total. The summed E-state index contributed by atoms with van der Waals surface area (Å²) in [4.78, 5) is 2.25. The summed E-state index contributed by atoms with van der Waals surface area (Å²) in [5.74, 6) is -0.270. The minimum absolute atomic E-state index is 0.0874. The van der Waals surface area contributed by atoms with Crippen LogP contribution in [-0.4, -0.2) is 24.3 Å². The van der Waals surface area contributed by atoms with Crippen molar-refractivity contribution in [3.8, 4) is 11.5 Å². The van der Waals surface area contributed by atoms with E-state index in [-0.39, 0.29) is 22.1 Å². The Bertz CT molecular complexity index is 828. The predicted octanol–water partition coefficient (Wildman–Crippen LogP) is 2.36. The molecule has 0 unspecified atom stereocenters. The molecule has 6 nitrogen and oxygen atoms in total. The van der Waals surface area contributed by atoms with Gasteiger partial charge in [-0.15, -0.1) is 0 Å². The van der Waals surface area contributed by atoms with Crippen LogP contribution < -0.4 is 4.83 Å². The first-order chi connectivity index (χ1) is 10.8. The number of hydrazone groups is 1. The third-order valence-corrected chi connectivity index (χ3v) is 4.57. The molecule has 0 aliphatic rings. The van der Waals surface area contributed by atoms with Crippen LogP contribution in [-0.2, 0) is 16.4 Å². The van der Waals surface area contributed by atoms with E-state index >= 15 is 0 Å². The van der Waals surface area contributed by atoms with Gasteiger partial charge in [0.1, 0.15) is 11.5 Å². The van der Waals surface area contributed by atoms with Gasteiger partial charge < -0.3 is 10.2 Å². The standard InChI is InChI=1S/C16H18N2O4S/c1-3-12-4-7-14(8-5-12)23(21,22)18-17-11(2)15-9-6-13(19)10-16(15)20/h4-10,18-20H,3H2,1-2H3/b17-11+. The van der Waals surface area contributed by atoms with Crippen LogP contribution in [0, 0.1) is 0 Å². The maximum Gasteiger partial charge on any atom is 0.276 e. The summed E-state index contributed by atoms with van der Waals surface area (Å²) >= 11 is 0. The molecule has 0 aliphatic heterocycles. The van der Waals surface area contributed by atoms with Crippen molar-refractivity contribution >= 4 is 15.7 Å². The molecule has 0 aliphatic carbocycles. The third-order valence-electron chi connectivity index (χ3n) is 3.35. The van der Waals surface area contributed by atoms with Crippen molar-refractivity contribution in [2.45, 2.75) is 25.2 Å². The maximum atomic E-state index is 12.2. The first-order valence-electron chi connectivity index (χ1n) is 7.01. The van der Waals surface area contributed by atoms with Crippen molar-refractivity contribution in [1.29, 1.82) is 0 Å². The highest BCUT2D eigenvalue weighted by Gasteiger charge is 2.13. The summed E-state index contributed by atoms with van der Waals surface area (Å²) in [5, 5.41) is 22.8. The minimum atomic E-state index is -3.78. The highest BCUT2D eigenvalue weighted by Crippen LogP contribution is 2.23. The van der Waals surface area contributed by atoms with Crippen molar-refractivity contribution in [3.63, 3.8) is 0 Å². The van der Waals surface area contributed by atoms with E-state index in [1.807, 2.05) is 6.92 Å². The lowest BCUT2D eigenvalue weighted by Crippen LogP contribution is -2.20. The van der Waals surface area contributed by atoms with E-state index in [0.717, 1.165) is 18.1 Å². The molecule has 2 rings (SSSR count). The number of nitrogens with zero attached hydrogens (tertiary/aromatic N) is 1. The van der Waals surface area contributed by atoms with Gasteiger partial charge in [0.15, 0.2) is 0 Å². The minimum Gasteiger partial charge on any atom is -0.508 e. The molecule has 122 valence electrons. The number of hydrogen-bond donors (Lipinski definition) is 3. The molecule has 0 heterocycles. The molecule has 0 saturated carbocycles. The summed E-state index contributed by atoms with van der Waals surface area (Å²) in [6.07, 6.45) is 0.825. The monoisotopic (exact) mass is 334 g/mol. The zero-order chi connectivity index (χ0) is 17.0. The Morgan fingerprint density at radius 2 is 1.78 bits per heavy atom. The van der Waals surface area contributed by atoms with Crippen molar-refractivity contribution in [2.75, 3.05) is 0 Å². The van der Waals surface area contributed by atoms with E-state index in [2.05, 4.69) is 9.93 Å². The second-order valence-electron chi connectivity index (χ2n) is 4.99. The van der Waals surface area contributed by atoms with E-state index in [9.17, 15) is 18.6 Å². The number of phenolic OH excluding ortho intramolecular Hbond substituents is 2. The van der Waals surface area contributed by atoms with Crippen LogP contribution in [0.15, 0.2) is 52.5 Å². The topological polar surface area (TPSA) is 99.0 Å². The average Bonchev–Trinajstić information content (AvgIpc) is 2.53. The van der Waals surface area contributed by atoms with Gasteiger partial charge in [0.25, 0.3) is 10.0 Å². The van der Waals surface area contributed by atoms with Gasteiger partial charge in [-0.1, -0.05) is 19.1 Å². The molecular weight excluding hydrogens is 316 g/mol. The van der Waals surface area contributed by atoms with Gasteiger partial charge in [-0.2, -0.15) is 18.4 Å². The van der Waals surface area contributed by atoms with Crippen LogP contribution in [0.2, 0.25) is 0 Å². The van der Waals surface area contributed by atoms with Gasteiger partial charge in [-0.3, -0.25) is 0 Å². The molecule has 0 fully saturated rings. The summed E-state index contributed by atoms with van der Waals surface area (Å²) in [6, 6.07) is 10.5. The lowest BCUT2D eigenvalue weighted by atomic mass is 10.1. The molecule has 0 bridgehead atoms. The van der Waals surface area contributed by atoms with Gasteiger partial charge in [0, 0.05) is 11.6 Å². The Labute approximate surface area is 135 Å². The summed E-state index contributed by atoms with van der Waals surface area (Å²) in [6.45, 7) is 3.54. The third kappa shape index (κ3) is 4.01. The number of aryl methyl sites for hydroxylation is 1. The van der Waals surface area contributed by atoms with E-state index < -0.39 is 10.0 Å². The molecule has 0 radical (unpaired) electrons. The fourth-order valence-corrected chi connectivity index (χ4v) is 2.83. The predicted molar refractivity (Wildman–Crippen MR) is 88.1 cm³/mol. The van der Waals surface area contributed by atoms with E-state index in [4.69, 9.17) is 0 Å². The van der Waals surface area contributed by atoms with Gasteiger partial charge in [0.05, 0.1) is 10.6 Å². The van der Waals surface area contributed by atoms with Crippen LogP contribution in [0.25, 0.3) is 0 Å². The van der Waals surface area contributed by atoms with Crippen LogP contribution in [0.4, 0.5) is 0 Å². The van der Waals surface area contributed by atoms with Crippen molar-refractivity contribution in [1.82, 2.24) is 4.83 Å². The Hall–Kier alpha value is -2.54. The highest BCUT2D eigenvalue weighted by atomic mass is 32.2. The van der Waals surface area contributed by atoms with Crippen LogP contribution in [0.5, 0.6) is 11.5 Å². The fraction of sp³-hybridized carbons (Fsp3) is 0.188. The van der Waals surface area contributed by atoms with Crippen LogP contribution in [0.1, 0.15) is 25.0 Å². The van der Waals surface area contributed by atoms with E-state index in [1.165, 1.54) is 24.3 Å². The van der Waals surface area contributed by atoms with Gasteiger partial charge in [-0.25, -0.2) is 0 Å². The Morgan fingerprint density at radius 1 is 1.13 bits per heavy atom. The molecule has 0 saturated heterocycles. The number of phenols is 2. The Morgan fingerprint density at radius 3 is 2.35 bits per heavy atom. The Balaban J connectivity index is 2.22. The Kier molecular flexibility index (Phi) is 4.90. The molecule has 0 amide bonds. The zero-order valence-corrected chi connectivity index (χ0v) is 13.6. The number of hydrogen-bond acceptors (Lipinski definition) is 5. The summed E-state index contributed by atoms with van der Waals surface area (Å²) in [5.41, 5.74) is 1.64. The first-order valence-corrected chi connectivity index (χ1v) is 8.49. The zero-order valence-electron chi connectivity index (χ0n) is 12.8. The number of aromatic hydroxyl groups is 2. The maximum absolute atomic E-state index is 12.2. The van der Waals surface area contributed by atoms with Crippen molar-refractivity contribution in [3.05, 3.63) is 53.6 Å². The number of sulfonamides is 1. The molecule has 0 aromatic heterocycles. The first kappa shape index (κ1) is 16.8. The quantitative estimate of drug-likeness (QED) is 0.577. The number of benzene rings is 2. The van der Waals surface area contributed by atoms with Gasteiger partial charge in [-0.05, 0) is 43.2 Å². The van der Waals surface area contributed by atoms with Gasteiger partial charge in [0.2, 0.25) is 0 Å².